The van der Waals surface area contributed by atoms with Crippen LogP contribution in [0.25, 0.3) is 0 Å². The number of hydrogen-bond donors (Lipinski definition) is 2. The summed E-state index contributed by atoms with van der Waals surface area (Å²) in [4.78, 5) is 49.2. The molecular formula is C23H28N6O3. The Morgan fingerprint density at radius 2 is 1.97 bits per heavy atom. The van der Waals surface area contributed by atoms with E-state index in [1.807, 2.05) is 13.8 Å². The van der Waals surface area contributed by atoms with Gasteiger partial charge in [0.15, 0.2) is 0 Å². The smallest absolute Gasteiger partial charge is 0.276 e. The molecule has 2 N–H and O–H groups in total. The zero-order chi connectivity index (χ0) is 22.5. The number of carbonyl (C=O) groups excluding carboxylic acids is 2. The molecule has 168 valence electrons. The summed E-state index contributed by atoms with van der Waals surface area (Å²) < 4.78 is 1.67. The monoisotopic (exact) mass is 436 g/mol. The van der Waals surface area contributed by atoms with Crippen LogP contribution in [-0.4, -0.2) is 31.2 Å². The molecule has 2 aromatic heterocycles. The zero-order valence-corrected chi connectivity index (χ0v) is 18.5. The van der Waals surface area contributed by atoms with Crippen molar-refractivity contribution in [3.63, 3.8) is 0 Å². The predicted octanol–water partition coefficient (Wildman–Crippen LogP) is 2.69. The van der Waals surface area contributed by atoms with Crippen LogP contribution in [0.1, 0.15) is 79.2 Å². The van der Waals surface area contributed by atoms with Gasteiger partial charge in [0.05, 0.1) is 18.8 Å². The largest absolute Gasteiger partial charge is 0.335 e. The molecule has 1 saturated carbocycles. The molecule has 2 aromatic rings. The maximum atomic E-state index is 13.6. The van der Waals surface area contributed by atoms with Gasteiger partial charge >= 0.3 is 0 Å². The minimum absolute atomic E-state index is 0.0914. The first-order chi connectivity index (χ1) is 15.4. The number of anilines is 2. The molecule has 3 aliphatic rings. The maximum Gasteiger partial charge on any atom is 0.276 e. The third-order valence-corrected chi connectivity index (χ3v) is 6.86. The van der Waals surface area contributed by atoms with Crippen LogP contribution < -0.4 is 16.2 Å². The lowest BCUT2D eigenvalue weighted by molar-refractivity contribution is -0.131. The number of amides is 2. The Morgan fingerprint density at radius 1 is 1.19 bits per heavy atom. The fraction of sp³-hybridized carbons (Fsp3) is 0.522. The Kier molecular flexibility index (Phi) is 4.98. The fourth-order valence-corrected chi connectivity index (χ4v) is 5.30. The number of aryl methyl sites for hydroxylation is 1. The summed E-state index contributed by atoms with van der Waals surface area (Å²) in [5, 5.41) is 6.32. The molecule has 2 amide bonds. The van der Waals surface area contributed by atoms with Gasteiger partial charge in [0.25, 0.3) is 11.5 Å². The third-order valence-electron chi connectivity index (χ3n) is 6.86. The summed E-state index contributed by atoms with van der Waals surface area (Å²) in [6.07, 6.45) is 7.33. The fourth-order valence-electron chi connectivity index (χ4n) is 5.30. The second kappa shape index (κ2) is 7.72. The van der Waals surface area contributed by atoms with E-state index >= 15 is 0 Å². The molecule has 1 spiro atoms. The average molecular weight is 437 g/mol. The van der Waals surface area contributed by atoms with Crippen LogP contribution in [0.2, 0.25) is 0 Å². The van der Waals surface area contributed by atoms with Crippen LogP contribution in [-0.2, 0) is 23.5 Å². The second-order valence-corrected chi connectivity index (χ2v) is 9.05. The molecule has 1 fully saturated rings. The predicted molar refractivity (Wildman–Crippen MR) is 118 cm³/mol. The van der Waals surface area contributed by atoms with Gasteiger partial charge < -0.3 is 15.5 Å². The highest BCUT2D eigenvalue weighted by molar-refractivity contribution is 5.97. The molecule has 2 aliphatic heterocycles. The van der Waals surface area contributed by atoms with Gasteiger partial charge in [0, 0.05) is 12.0 Å². The number of nitrogens with zero attached hydrogens (tertiary/aromatic N) is 4. The number of hydrogen-bond acceptors (Lipinski definition) is 6. The lowest BCUT2D eigenvalue weighted by Gasteiger charge is -2.35. The first kappa shape index (κ1) is 20.7. The number of pyridine rings is 1. The second-order valence-electron chi connectivity index (χ2n) is 9.05. The molecule has 1 aliphatic carbocycles. The quantitative estimate of drug-likeness (QED) is 0.763. The van der Waals surface area contributed by atoms with E-state index in [9.17, 15) is 14.4 Å². The topological polar surface area (TPSA) is 109 Å². The number of carbonyl (C=O) groups is 2. The number of aromatic nitrogens is 3. The van der Waals surface area contributed by atoms with Crippen molar-refractivity contribution in [1.82, 2.24) is 24.8 Å². The van der Waals surface area contributed by atoms with E-state index in [2.05, 4.69) is 20.6 Å². The summed E-state index contributed by atoms with van der Waals surface area (Å²) in [7, 11) is 0. The third kappa shape index (κ3) is 3.18. The van der Waals surface area contributed by atoms with E-state index in [0.29, 0.717) is 36.7 Å². The Hall–Kier alpha value is -3.23. The van der Waals surface area contributed by atoms with Gasteiger partial charge in [-0.3, -0.25) is 19.0 Å². The number of nitrogens with one attached hydrogen (secondary N) is 2. The molecule has 4 heterocycles. The number of fused-ring (bicyclic) bond motifs is 3. The summed E-state index contributed by atoms with van der Waals surface area (Å²) in [5.74, 6) is 0.448. The van der Waals surface area contributed by atoms with Crippen LogP contribution >= 0.6 is 0 Å². The van der Waals surface area contributed by atoms with Crippen LogP contribution in [0, 0.1) is 6.92 Å². The maximum absolute atomic E-state index is 13.6. The van der Waals surface area contributed by atoms with Crippen LogP contribution in [0.15, 0.2) is 17.2 Å². The molecule has 32 heavy (non-hydrogen) atoms. The molecular weight excluding hydrogens is 408 g/mol. The lowest BCUT2D eigenvalue weighted by atomic mass is 9.89. The van der Waals surface area contributed by atoms with Crippen molar-refractivity contribution in [2.75, 3.05) is 5.32 Å². The van der Waals surface area contributed by atoms with Crippen molar-refractivity contribution >= 4 is 23.3 Å². The molecule has 0 radical (unpaired) electrons. The molecule has 5 rings (SSSR count). The van der Waals surface area contributed by atoms with E-state index in [1.54, 1.807) is 15.5 Å². The van der Waals surface area contributed by atoms with E-state index in [4.69, 9.17) is 0 Å². The van der Waals surface area contributed by atoms with E-state index < -0.39 is 5.66 Å². The first-order valence-electron chi connectivity index (χ1n) is 11.4. The Morgan fingerprint density at radius 3 is 2.72 bits per heavy atom. The van der Waals surface area contributed by atoms with Gasteiger partial charge in [0.1, 0.15) is 29.2 Å². The van der Waals surface area contributed by atoms with Gasteiger partial charge in [-0.1, -0.05) is 13.3 Å². The van der Waals surface area contributed by atoms with E-state index in [0.717, 1.165) is 55.3 Å². The summed E-state index contributed by atoms with van der Waals surface area (Å²) in [6, 6.07) is 1.72. The highest BCUT2D eigenvalue weighted by atomic mass is 16.2. The van der Waals surface area contributed by atoms with Gasteiger partial charge in [-0.15, -0.1) is 0 Å². The normalized spacial score (nSPS) is 18.4. The molecule has 9 heteroatoms. The molecule has 0 atom stereocenters. The SMILES string of the molecule is CCCC(=O)N1Cc2ncnc(Nc3cc(C)c4n(c3=O)C3(CCCCC3)NC4=O)c2C1. The van der Waals surface area contributed by atoms with Crippen molar-refractivity contribution in [3.8, 4) is 0 Å². The summed E-state index contributed by atoms with van der Waals surface area (Å²) in [6.45, 7) is 4.71. The molecule has 0 aromatic carbocycles. The molecule has 9 nitrogen and oxygen atoms in total. The van der Waals surface area contributed by atoms with Gasteiger partial charge in [-0.2, -0.15) is 0 Å². The molecule has 0 unspecified atom stereocenters. The number of rotatable bonds is 4. The molecule has 0 saturated heterocycles. The van der Waals surface area contributed by atoms with Crippen molar-refractivity contribution < 1.29 is 9.59 Å². The Labute approximate surface area is 186 Å². The van der Waals surface area contributed by atoms with E-state index in [-0.39, 0.29) is 17.4 Å². The van der Waals surface area contributed by atoms with Gasteiger partial charge in [-0.25, -0.2) is 9.97 Å². The first-order valence-corrected chi connectivity index (χ1v) is 11.4. The highest BCUT2D eigenvalue weighted by Gasteiger charge is 2.45. The van der Waals surface area contributed by atoms with Crippen LogP contribution in [0.4, 0.5) is 11.5 Å². The average Bonchev–Trinajstić information content (AvgIpc) is 3.33. The van der Waals surface area contributed by atoms with Crippen LogP contribution in [0.3, 0.4) is 0 Å². The van der Waals surface area contributed by atoms with Crippen molar-refractivity contribution in [2.45, 2.75) is 77.5 Å². The zero-order valence-electron chi connectivity index (χ0n) is 18.5. The minimum atomic E-state index is -0.638. The van der Waals surface area contributed by atoms with Gasteiger partial charge in [-0.05, 0) is 50.7 Å². The molecule has 0 bridgehead atoms. The van der Waals surface area contributed by atoms with E-state index in [1.165, 1.54) is 6.33 Å². The lowest BCUT2D eigenvalue weighted by Crippen LogP contribution is -2.48. The standard InChI is InChI=1S/C23H28N6O3/c1-3-7-18(30)28-11-15-17(12-28)24-13-25-20(15)26-16-10-14(2)19-21(31)27-23(29(19)22(16)32)8-5-4-6-9-23/h10,13H,3-9,11-12H2,1-2H3,(H,27,31)(H,24,25,26). The van der Waals surface area contributed by atoms with Crippen molar-refractivity contribution in [2.24, 2.45) is 0 Å². The summed E-state index contributed by atoms with van der Waals surface area (Å²) in [5.41, 5.74) is 2.35. The summed E-state index contributed by atoms with van der Waals surface area (Å²) >= 11 is 0. The Balaban J connectivity index is 1.52. The Bertz CT molecular complexity index is 1170. The van der Waals surface area contributed by atoms with Crippen molar-refractivity contribution in [1.29, 1.82) is 0 Å². The van der Waals surface area contributed by atoms with Crippen LogP contribution in [0.5, 0.6) is 0 Å². The van der Waals surface area contributed by atoms with Crippen molar-refractivity contribution in [3.05, 3.63) is 45.3 Å². The highest BCUT2D eigenvalue weighted by Crippen LogP contribution is 2.37. The van der Waals surface area contributed by atoms with Gasteiger partial charge in [0.2, 0.25) is 5.91 Å². The minimum Gasteiger partial charge on any atom is -0.335 e.